The molecular weight excluding hydrogens is 435 g/mol. The molecule has 4 N–H and O–H groups in total. The molecule has 0 fully saturated rings. The second kappa shape index (κ2) is 11.6. The molecule has 0 saturated heterocycles. The van der Waals surface area contributed by atoms with Crippen molar-refractivity contribution in [3.63, 3.8) is 0 Å². The second-order valence-corrected chi connectivity index (χ2v) is 7.48. The van der Waals surface area contributed by atoms with Crippen LogP contribution in [0.15, 0.2) is 65.6 Å². The van der Waals surface area contributed by atoms with Crippen molar-refractivity contribution in [2.75, 3.05) is 5.43 Å². The minimum atomic E-state index is -0.237. The smallest absolute Gasteiger partial charge is 0.272 e. The van der Waals surface area contributed by atoms with E-state index in [-0.39, 0.29) is 30.3 Å². The predicted octanol–water partition coefficient (Wildman–Crippen LogP) is 3.29. The lowest BCUT2D eigenvalue weighted by Crippen LogP contribution is -2.34. The Morgan fingerprint density at radius 1 is 1.06 bits per heavy atom. The standard InChI is InChI=1S/C23H25ClN4O2.ClH/c1-16-9-10-28(27-14-17-5-3-2-4-6-17)23(30)21(16)12-22(29)26-15-19-11-20(24)8-7-18(19)13-25;/h2-11,27H,12-15,25H2,1H3,(H,26,29);1H. The maximum absolute atomic E-state index is 12.9. The van der Waals surface area contributed by atoms with Gasteiger partial charge < -0.3 is 16.5 Å². The topological polar surface area (TPSA) is 89.2 Å². The summed E-state index contributed by atoms with van der Waals surface area (Å²) in [6, 6.07) is 17.0. The van der Waals surface area contributed by atoms with Crippen molar-refractivity contribution in [1.29, 1.82) is 0 Å². The second-order valence-electron chi connectivity index (χ2n) is 7.04. The summed E-state index contributed by atoms with van der Waals surface area (Å²) in [6.07, 6.45) is 1.68. The number of amides is 1. The number of pyridine rings is 1. The minimum absolute atomic E-state index is 0. The lowest BCUT2D eigenvalue weighted by Gasteiger charge is -2.14. The Hall–Kier alpha value is -2.80. The van der Waals surface area contributed by atoms with Crippen molar-refractivity contribution < 1.29 is 4.79 Å². The Bertz CT molecular complexity index is 1080. The first-order chi connectivity index (χ1) is 14.5. The van der Waals surface area contributed by atoms with Gasteiger partial charge in [0.25, 0.3) is 5.56 Å². The molecule has 0 saturated carbocycles. The van der Waals surface area contributed by atoms with Crippen LogP contribution in [0.25, 0.3) is 0 Å². The zero-order chi connectivity index (χ0) is 21.5. The third-order valence-corrected chi connectivity index (χ3v) is 5.16. The van der Waals surface area contributed by atoms with E-state index in [9.17, 15) is 9.59 Å². The van der Waals surface area contributed by atoms with Crippen molar-refractivity contribution in [1.82, 2.24) is 9.99 Å². The summed E-state index contributed by atoms with van der Waals surface area (Å²) >= 11 is 6.05. The van der Waals surface area contributed by atoms with Gasteiger partial charge in [0.2, 0.25) is 5.91 Å². The fourth-order valence-electron chi connectivity index (χ4n) is 3.16. The van der Waals surface area contributed by atoms with Crippen LogP contribution < -0.4 is 22.0 Å². The van der Waals surface area contributed by atoms with Crippen molar-refractivity contribution >= 4 is 29.9 Å². The molecule has 3 aromatic rings. The van der Waals surface area contributed by atoms with E-state index in [2.05, 4.69) is 10.7 Å². The molecule has 6 nitrogen and oxygen atoms in total. The Labute approximate surface area is 192 Å². The lowest BCUT2D eigenvalue weighted by atomic mass is 10.1. The third kappa shape index (κ3) is 6.59. The normalized spacial score (nSPS) is 10.3. The number of nitrogens with two attached hydrogens (primary N) is 1. The first-order valence-electron chi connectivity index (χ1n) is 9.71. The number of hydrogen-bond acceptors (Lipinski definition) is 4. The first kappa shape index (κ1) is 24.5. The molecule has 0 unspecified atom stereocenters. The van der Waals surface area contributed by atoms with E-state index in [0.717, 1.165) is 22.3 Å². The number of nitrogens with zero attached hydrogens (tertiary/aromatic N) is 1. The van der Waals surface area contributed by atoms with Gasteiger partial charge in [0.1, 0.15) is 0 Å². The van der Waals surface area contributed by atoms with Crippen molar-refractivity contribution in [3.05, 3.63) is 104 Å². The maximum Gasteiger partial charge on any atom is 0.272 e. The van der Waals surface area contributed by atoms with Crippen molar-refractivity contribution in [2.24, 2.45) is 5.73 Å². The zero-order valence-electron chi connectivity index (χ0n) is 17.2. The lowest BCUT2D eigenvalue weighted by molar-refractivity contribution is -0.120. The van der Waals surface area contributed by atoms with Crippen LogP contribution in [0.2, 0.25) is 5.02 Å². The molecule has 1 aromatic heterocycles. The minimum Gasteiger partial charge on any atom is -0.352 e. The number of aromatic nitrogens is 1. The zero-order valence-corrected chi connectivity index (χ0v) is 18.8. The number of halogens is 2. The van der Waals surface area contributed by atoms with Crippen molar-refractivity contribution in [2.45, 2.75) is 33.0 Å². The highest BCUT2D eigenvalue weighted by Gasteiger charge is 2.13. The number of aryl methyl sites for hydroxylation is 1. The molecule has 164 valence electrons. The van der Waals surface area contributed by atoms with Gasteiger partial charge >= 0.3 is 0 Å². The Morgan fingerprint density at radius 2 is 1.81 bits per heavy atom. The van der Waals surface area contributed by atoms with Crippen molar-refractivity contribution in [3.8, 4) is 0 Å². The molecule has 2 aromatic carbocycles. The molecule has 0 aliphatic heterocycles. The average Bonchev–Trinajstić information content (AvgIpc) is 2.75. The van der Waals surface area contributed by atoms with E-state index in [1.54, 1.807) is 18.3 Å². The van der Waals surface area contributed by atoms with E-state index in [4.69, 9.17) is 17.3 Å². The van der Waals surface area contributed by atoms with E-state index in [0.29, 0.717) is 30.2 Å². The summed E-state index contributed by atoms with van der Waals surface area (Å²) in [5.74, 6) is -0.237. The fourth-order valence-corrected chi connectivity index (χ4v) is 3.35. The fraction of sp³-hybridized carbons (Fsp3) is 0.217. The largest absolute Gasteiger partial charge is 0.352 e. The van der Waals surface area contributed by atoms with Crippen LogP contribution in [-0.2, 0) is 30.8 Å². The molecule has 0 spiro atoms. The van der Waals surface area contributed by atoms with E-state index < -0.39 is 0 Å². The molecule has 1 heterocycles. The predicted molar refractivity (Wildman–Crippen MR) is 127 cm³/mol. The van der Waals surface area contributed by atoms with Crippen LogP contribution in [0.5, 0.6) is 0 Å². The Balaban J connectivity index is 0.00000341. The molecule has 8 heteroatoms. The van der Waals surface area contributed by atoms with Gasteiger partial charge in [-0.15, -0.1) is 12.4 Å². The SMILES string of the molecule is Cc1ccn(NCc2ccccc2)c(=O)c1CC(=O)NCc1cc(Cl)ccc1CN.Cl. The summed E-state index contributed by atoms with van der Waals surface area (Å²) in [5, 5.41) is 3.45. The number of rotatable bonds is 8. The summed E-state index contributed by atoms with van der Waals surface area (Å²) < 4.78 is 1.42. The van der Waals surface area contributed by atoms with E-state index >= 15 is 0 Å². The van der Waals surface area contributed by atoms with Gasteiger partial charge in [-0.1, -0.05) is 48.0 Å². The van der Waals surface area contributed by atoms with Crippen LogP contribution in [0.1, 0.15) is 27.8 Å². The number of nitrogens with one attached hydrogen (secondary N) is 2. The highest BCUT2D eigenvalue weighted by Crippen LogP contribution is 2.16. The van der Waals surface area contributed by atoms with Crippen LogP contribution in [0, 0.1) is 6.92 Å². The van der Waals surface area contributed by atoms with Crippen LogP contribution >= 0.6 is 24.0 Å². The highest BCUT2D eigenvalue weighted by molar-refractivity contribution is 6.30. The molecule has 31 heavy (non-hydrogen) atoms. The summed E-state index contributed by atoms with van der Waals surface area (Å²) in [4.78, 5) is 25.4. The van der Waals surface area contributed by atoms with E-state index in [1.807, 2.05) is 49.4 Å². The molecular formula is C23H26Cl2N4O2. The molecule has 0 bridgehead atoms. The van der Waals surface area contributed by atoms with Gasteiger partial charge in [0.05, 0.1) is 13.0 Å². The Kier molecular flexibility index (Phi) is 9.12. The summed E-state index contributed by atoms with van der Waals surface area (Å²) in [6.45, 7) is 3.00. The Morgan fingerprint density at radius 3 is 2.52 bits per heavy atom. The quantitative estimate of drug-likeness (QED) is 0.480. The maximum atomic E-state index is 12.9. The summed E-state index contributed by atoms with van der Waals surface area (Å²) in [5.41, 5.74) is 12.7. The molecule has 0 atom stereocenters. The van der Waals surface area contributed by atoms with Crippen LogP contribution in [0.3, 0.4) is 0 Å². The number of carbonyl (C=O) groups is 1. The van der Waals surface area contributed by atoms with Gasteiger partial charge in [-0.2, -0.15) is 0 Å². The molecule has 0 aliphatic carbocycles. The number of benzene rings is 2. The third-order valence-electron chi connectivity index (χ3n) is 4.92. The van der Waals surface area contributed by atoms with E-state index in [1.165, 1.54) is 4.68 Å². The average molecular weight is 461 g/mol. The number of carbonyl (C=O) groups excluding carboxylic acids is 1. The first-order valence-corrected chi connectivity index (χ1v) is 10.1. The van der Waals surface area contributed by atoms with Gasteiger partial charge in [0.15, 0.2) is 0 Å². The molecule has 3 rings (SSSR count). The highest BCUT2D eigenvalue weighted by atomic mass is 35.5. The van der Waals surface area contributed by atoms with Gasteiger partial charge in [-0.25, -0.2) is 4.68 Å². The molecule has 1 amide bonds. The number of hydrogen-bond donors (Lipinski definition) is 3. The molecule has 0 aliphatic rings. The molecule has 0 radical (unpaired) electrons. The van der Waals surface area contributed by atoms with Crippen LogP contribution in [-0.4, -0.2) is 10.6 Å². The summed E-state index contributed by atoms with van der Waals surface area (Å²) in [7, 11) is 0. The van der Waals surface area contributed by atoms with Gasteiger partial charge in [0, 0.05) is 29.9 Å². The monoisotopic (exact) mass is 460 g/mol. The van der Waals surface area contributed by atoms with Crippen LogP contribution in [0.4, 0.5) is 0 Å². The van der Waals surface area contributed by atoms with Gasteiger partial charge in [-0.3, -0.25) is 9.59 Å². The van der Waals surface area contributed by atoms with Gasteiger partial charge in [-0.05, 0) is 47.4 Å².